The minimum atomic E-state index is -0.647. The van der Waals surface area contributed by atoms with Crippen molar-refractivity contribution in [2.24, 2.45) is 5.92 Å². The highest BCUT2D eigenvalue weighted by molar-refractivity contribution is 7.20. The maximum atomic E-state index is 13.1. The summed E-state index contributed by atoms with van der Waals surface area (Å²) in [6.45, 7) is 6.60. The normalized spacial score (nSPS) is 28.9. The number of thiophene rings is 1. The molecule has 2 atom stereocenters. The van der Waals surface area contributed by atoms with E-state index >= 15 is 0 Å². The quantitative estimate of drug-likeness (QED) is 0.609. The van der Waals surface area contributed by atoms with E-state index in [9.17, 15) is 14.7 Å². The van der Waals surface area contributed by atoms with E-state index in [4.69, 9.17) is 9.84 Å². The highest BCUT2D eigenvalue weighted by atomic mass is 32.1. The summed E-state index contributed by atoms with van der Waals surface area (Å²) in [4.78, 5) is 29.0. The van der Waals surface area contributed by atoms with Crippen LogP contribution in [0.1, 0.15) is 86.1 Å². The second-order valence-electron chi connectivity index (χ2n) is 10.5. The van der Waals surface area contributed by atoms with Crippen molar-refractivity contribution in [3.8, 4) is 0 Å². The van der Waals surface area contributed by atoms with Gasteiger partial charge in [-0.1, -0.05) is 6.92 Å². The van der Waals surface area contributed by atoms with Crippen LogP contribution in [-0.2, 0) is 9.53 Å². The lowest BCUT2D eigenvalue weighted by Gasteiger charge is -2.45. The van der Waals surface area contributed by atoms with Gasteiger partial charge in [-0.2, -0.15) is 5.10 Å². The van der Waals surface area contributed by atoms with E-state index in [1.807, 2.05) is 13.0 Å². The number of aromatic nitrogens is 2. The highest BCUT2D eigenvalue weighted by Crippen LogP contribution is 2.35. The molecule has 2 aromatic heterocycles. The van der Waals surface area contributed by atoms with Gasteiger partial charge in [-0.25, -0.2) is 0 Å². The number of carbonyl (C=O) groups is 2. The van der Waals surface area contributed by atoms with Crippen LogP contribution in [-0.4, -0.2) is 69.5 Å². The second kappa shape index (κ2) is 10.6. The van der Waals surface area contributed by atoms with Crippen molar-refractivity contribution in [3.63, 3.8) is 0 Å². The third kappa shape index (κ3) is 5.13. The minimum Gasteiger partial charge on any atom is -0.481 e. The average molecular weight is 503 g/mol. The average Bonchev–Trinajstić information content (AvgIpc) is 3.45. The van der Waals surface area contributed by atoms with Gasteiger partial charge in [0.2, 0.25) is 0 Å². The van der Waals surface area contributed by atoms with Crippen molar-refractivity contribution in [1.82, 2.24) is 20.0 Å². The number of hydrogen-bond acceptors (Lipinski definition) is 6. The van der Waals surface area contributed by atoms with Gasteiger partial charge in [-0.05, 0) is 77.3 Å². The lowest BCUT2D eigenvalue weighted by Crippen LogP contribution is -2.51. The predicted molar refractivity (Wildman–Crippen MR) is 136 cm³/mol. The number of fused-ring (bicyclic) bond motifs is 1. The van der Waals surface area contributed by atoms with Crippen LogP contribution >= 0.6 is 11.3 Å². The Labute approximate surface area is 211 Å². The molecule has 2 aliphatic heterocycles. The summed E-state index contributed by atoms with van der Waals surface area (Å²) in [5, 5.41) is 18.6. The van der Waals surface area contributed by atoms with Crippen molar-refractivity contribution in [2.75, 3.05) is 19.8 Å². The molecule has 3 aliphatic rings. The summed E-state index contributed by atoms with van der Waals surface area (Å²) in [5.74, 6) is -0.817. The fraction of sp³-hybridized carbons (Fsp3) is 0.731. The third-order valence-corrected chi connectivity index (χ3v) is 9.53. The van der Waals surface area contributed by atoms with Crippen LogP contribution in [0.2, 0.25) is 0 Å². The maximum Gasteiger partial charge on any atom is 0.306 e. The number of rotatable bonds is 6. The monoisotopic (exact) mass is 502 g/mol. The number of nitrogens with one attached hydrogen (secondary N) is 1. The fourth-order valence-electron chi connectivity index (χ4n) is 6.34. The van der Waals surface area contributed by atoms with Gasteiger partial charge in [0.05, 0.1) is 22.5 Å². The molecule has 35 heavy (non-hydrogen) atoms. The molecule has 0 aromatic carbocycles. The highest BCUT2D eigenvalue weighted by Gasteiger charge is 2.36. The Morgan fingerprint density at radius 1 is 1.14 bits per heavy atom. The summed E-state index contributed by atoms with van der Waals surface area (Å²) >= 11 is 1.56. The fourth-order valence-corrected chi connectivity index (χ4v) is 7.48. The van der Waals surface area contributed by atoms with E-state index < -0.39 is 5.97 Å². The number of aryl methyl sites for hydroxylation is 1. The zero-order valence-corrected chi connectivity index (χ0v) is 21.7. The van der Waals surface area contributed by atoms with Gasteiger partial charge in [-0.3, -0.25) is 19.2 Å². The van der Waals surface area contributed by atoms with E-state index in [0.29, 0.717) is 18.1 Å². The predicted octanol–water partition coefficient (Wildman–Crippen LogP) is 4.37. The van der Waals surface area contributed by atoms with Crippen molar-refractivity contribution in [3.05, 3.63) is 16.6 Å². The van der Waals surface area contributed by atoms with Gasteiger partial charge in [0.15, 0.2) is 0 Å². The molecule has 0 bridgehead atoms. The zero-order valence-electron chi connectivity index (χ0n) is 20.9. The molecule has 1 amide bonds. The Bertz CT molecular complexity index is 1050. The van der Waals surface area contributed by atoms with Crippen molar-refractivity contribution >= 4 is 33.4 Å². The first-order valence-corrected chi connectivity index (χ1v) is 14.1. The lowest BCUT2D eigenvalue weighted by molar-refractivity contribution is -0.144. The summed E-state index contributed by atoms with van der Waals surface area (Å²) in [7, 11) is 0. The second-order valence-corrected chi connectivity index (χ2v) is 11.6. The Hall–Kier alpha value is -1.97. The number of carboxylic acids is 1. The number of amides is 1. The van der Waals surface area contributed by atoms with Crippen molar-refractivity contribution in [2.45, 2.75) is 95.8 Å². The van der Waals surface area contributed by atoms with E-state index in [1.165, 1.54) is 0 Å². The van der Waals surface area contributed by atoms with Gasteiger partial charge in [0.1, 0.15) is 4.83 Å². The first kappa shape index (κ1) is 24.7. The number of piperidine rings is 1. The molecule has 4 heterocycles. The summed E-state index contributed by atoms with van der Waals surface area (Å²) in [5.41, 5.74) is 0.986. The van der Waals surface area contributed by atoms with E-state index in [-0.39, 0.29) is 17.9 Å². The van der Waals surface area contributed by atoms with Crippen LogP contribution in [0.4, 0.5) is 0 Å². The lowest BCUT2D eigenvalue weighted by atomic mass is 9.84. The van der Waals surface area contributed by atoms with E-state index in [0.717, 1.165) is 98.3 Å². The molecule has 2 unspecified atom stereocenters. The maximum absolute atomic E-state index is 13.1. The number of nitrogens with zero attached hydrogens (tertiary/aromatic N) is 3. The molecule has 5 rings (SSSR count). The topological polar surface area (TPSA) is 96.7 Å². The molecule has 0 radical (unpaired) electrons. The van der Waals surface area contributed by atoms with E-state index in [2.05, 4.69) is 21.8 Å². The molecule has 9 heteroatoms. The number of carbonyl (C=O) groups excluding carboxylic acids is 1. The molecule has 1 saturated carbocycles. The van der Waals surface area contributed by atoms with Crippen molar-refractivity contribution < 1.29 is 19.4 Å². The molecule has 1 aliphatic carbocycles. The number of hydrogen-bond donors (Lipinski definition) is 2. The van der Waals surface area contributed by atoms with Crippen LogP contribution in [0, 0.1) is 12.8 Å². The van der Waals surface area contributed by atoms with Crippen LogP contribution in [0.5, 0.6) is 0 Å². The van der Waals surface area contributed by atoms with Crippen LogP contribution in [0.3, 0.4) is 0 Å². The molecule has 8 nitrogen and oxygen atoms in total. The SMILES string of the molecule is CCC1CC(C(=O)O)CCN1[C@H]1CC[C@@H](NC(=O)c2cc3c(C)nn(C4CCOCC4)c3s2)CC1. The van der Waals surface area contributed by atoms with Gasteiger partial charge < -0.3 is 15.2 Å². The van der Waals surface area contributed by atoms with Crippen LogP contribution < -0.4 is 5.32 Å². The first-order valence-electron chi connectivity index (χ1n) is 13.3. The Balaban J connectivity index is 1.18. The van der Waals surface area contributed by atoms with Crippen LogP contribution in [0.25, 0.3) is 10.2 Å². The molecule has 2 aromatic rings. The van der Waals surface area contributed by atoms with E-state index in [1.54, 1.807) is 11.3 Å². The number of likely N-dealkylation sites (tertiary alicyclic amines) is 1. The minimum absolute atomic E-state index is 0.0290. The van der Waals surface area contributed by atoms with Crippen LogP contribution in [0.15, 0.2) is 6.07 Å². The molecule has 0 spiro atoms. The first-order chi connectivity index (χ1) is 16.9. The molecular weight excluding hydrogens is 464 g/mol. The summed E-state index contributed by atoms with van der Waals surface area (Å²) in [6, 6.07) is 3.42. The number of aliphatic carboxylic acids is 1. The number of carboxylic acid groups (broad SMARTS) is 1. The summed E-state index contributed by atoms with van der Waals surface area (Å²) in [6.07, 6.45) is 8.51. The number of ether oxygens (including phenoxy) is 1. The molecular formula is C26H38N4O4S. The molecule has 3 fully saturated rings. The Morgan fingerprint density at radius 2 is 1.89 bits per heavy atom. The van der Waals surface area contributed by atoms with Gasteiger partial charge >= 0.3 is 5.97 Å². The Kier molecular flexibility index (Phi) is 7.46. The smallest absolute Gasteiger partial charge is 0.306 e. The Morgan fingerprint density at radius 3 is 2.57 bits per heavy atom. The standard InChI is InChI=1S/C26H38N4O4S/c1-3-19-14-17(26(32)33)8-11-29(19)20-6-4-18(5-7-20)27-24(31)23-15-22-16(2)28-30(25(22)35-23)21-9-12-34-13-10-21/h15,17-21H,3-14H2,1-2H3,(H,27,31)(H,32,33)/t17?,18-,19?,20+. The van der Waals surface area contributed by atoms with Gasteiger partial charge in [0.25, 0.3) is 5.91 Å². The van der Waals surface area contributed by atoms with Crippen molar-refractivity contribution in [1.29, 1.82) is 0 Å². The zero-order chi connectivity index (χ0) is 24.5. The van der Waals surface area contributed by atoms with Gasteiger partial charge in [-0.15, -0.1) is 11.3 Å². The molecule has 2 saturated heterocycles. The molecule has 192 valence electrons. The summed E-state index contributed by atoms with van der Waals surface area (Å²) < 4.78 is 7.63. The molecule has 2 N–H and O–H groups in total. The van der Waals surface area contributed by atoms with Gasteiger partial charge in [0, 0.05) is 36.7 Å². The largest absolute Gasteiger partial charge is 0.481 e. The third-order valence-electron chi connectivity index (χ3n) is 8.41.